The van der Waals surface area contributed by atoms with E-state index in [1.807, 2.05) is 67.6 Å². The molecule has 0 radical (unpaired) electrons. The standard InChI is InChI=1S/C25H22N2O4/c1-18-14-22(21-11-5-6-12-23(21)26-18)25(29)31-17-24(28)27(16-20-10-7-13-30-20)15-19-8-3-2-4-9-19/h2-14H,15-17H2,1H3. The van der Waals surface area contributed by atoms with Crippen LogP contribution in [0.15, 0.2) is 83.5 Å². The summed E-state index contributed by atoms with van der Waals surface area (Å²) in [6, 6.07) is 22.3. The number of aromatic nitrogens is 1. The second-order valence-corrected chi connectivity index (χ2v) is 7.22. The van der Waals surface area contributed by atoms with Crippen molar-refractivity contribution in [3.63, 3.8) is 0 Å². The lowest BCUT2D eigenvalue weighted by atomic mass is 10.1. The smallest absolute Gasteiger partial charge is 0.339 e. The fourth-order valence-electron chi connectivity index (χ4n) is 3.40. The van der Waals surface area contributed by atoms with Crippen molar-refractivity contribution in [2.24, 2.45) is 0 Å². The molecule has 0 saturated carbocycles. The molecule has 6 heteroatoms. The Hall–Kier alpha value is -3.93. The van der Waals surface area contributed by atoms with E-state index in [9.17, 15) is 9.59 Å². The van der Waals surface area contributed by atoms with Crippen LogP contribution in [0, 0.1) is 6.92 Å². The summed E-state index contributed by atoms with van der Waals surface area (Å²) in [5.41, 5.74) is 2.80. The highest BCUT2D eigenvalue weighted by atomic mass is 16.5. The summed E-state index contributed by atoms with van der Waals surface area (Å²) in [5.74, 6) is -0.192. The first-order valence-corrected chi connectivity index (χ1v) is 9.98. The summed E-state index contributed by atoms with van der Waals surface area (Å²) >= 11 is 0. The number of amides is 1. The van der Waals surface area contributed by atoms with Crippen molar-refractivity contribution in [1.82, 2.24) is 9.88 Å². The molecule has 0 aliphatic carbocycles. The number of carbonyl (C=O) groups excluding carboxylic acids is 2. The van der Waals surface area contributed by atoms with Crippen molar-refractivity contribution in [1.29, 1.82) is 0 Å². The van der Waals surface area contributed by atoms with E-state index in [0.717, 1.165) is 5.56 Å². The number of para-hydroxylation sites is 1. The summed E-state index contributed by atoms with van der Waals surface area (Å²) < 4.78 is 10.8. The molecule has 0 aliphatic rings. The normalized spacial score (nSPS) is 10.7. The van der Waals surface area contributed by atoms with Crippen LogP contribution >= 0.6 is 0 Å². The Morgan fingerprint density at radius 2 is 1.74 bits per heavy atom. The van der Waals surface area contributed by atoms with Gasteiger partial charge in [0.25, 0.3) is 5.91 Å². The summed E-state index contributed by atoms with van der Waals surface area (Å²) in [7, 11) is 0. The first-order valence-electron chi connectivity index (χ1n) is 9.98. The van der Waals surface area contributed by atoms with Gasteiger partial charge in [-0.3, -0.25) is 9.78 Å². The average Bonchev–Trinajstić information content (AvgIpc) is 3.30. The number of benzene rings is 2. The summed E-state index contributed by atoms with van der Waals surface area (Å²) in [5, 5.41) is 0.697. The highest BCUT2D eigenvalue weighted by Gasteiger charge is 2.20. The zero-order valence-corrected chi connectivity index (χ0v) is 17.2. The molecule has 0 N–H and O–H groups in total. The molecule has 6 nitrogen and oxygen atoms in total. The van der Waals surface area contributed by atoms with E-state index in [-0.39, 0.29) is 19.1 Å². The first kappa shape index (κ1) is 20.3. The van der Waals surface area contributed by atoms with E-state index in [2.05, 4.69) is 4.98 Å². The number of hydrogen-bond acceptors (Lipinski definition) is 5. The minimum atomic E-state index is -0.548. The molecule has 2 heterocycles. The lowest BCUT2D eigenvalue weighted by Crippen LogP contribution is -2.33. The number of fused-ring (bicyclic) bond motifs is 1. The van der Waals surface area contributed by atoms with Crippen molar-refractivity contribution in [3.05, 3.63) is 102 Å². The SMILES string of the molecule is Cc1cc(C(=O)OCC(=O)N(Cc2ccccc2)Cc2ccco2)c2ccccc2n1. The van der Waals surface area contributed by atoms with Crippen LogP contribution in [0.5, 0.6) is 0 Å². The number of aryl methyl sites for hydroxylation is 1. The van der Waals surface area contributed by atoms with Crippen molar-refractivity contribution in [2.75, 3.05) is 6.61 Å². The number of rotatable bonds is 7. The van der Waals surface area contributed by atoms with Crippen LogP contribution in [0.25, 0.3) is 10.9 Å². The van der Waals surface area contributed by atoms with Crippen LogP contribution in [-0.4, -0.2) is 28.4 Å². The van der Waals surface area contributed by atoms with Gasteiger partial charge in [0.15, 0.2) is 6.61 Å². The van der Waals surface area contributed by atoms with Crippen molar-refractivity contribution < 1.29 is 18.7 Å². The maximum Gasteiger partial charge on any atom is 0.339 e. The fourth-order valence-corrected chi connectivity index (χ4v) is 3.40. The summed E-state index contributed by atoms with van der Waals surface area (Å²) in [6.07, 6.45) is 1.57. The minimum absolute atomic E-state index is 0.287. The zero-order valence-electron chi connectivity index (χ0n) is 17.2. The topological polar surface area (TPSA) is 72.6 Å². The number of hydrogen-bond donors (Lipinski definition) is 0. The van der Waals surface area contributed by atoms with Gasteiger partial charge in [0.1, 0.15) is 5.76 Å². The molecule has 0 aliphatic heterocycles. The van der Waals surface area contributed by atoms with E-state index < -0.39 is 5.97 Å². The van der Waals surface area contributed by atoms with Crippen LogP contribution in [-0.2, 0) is 22.6 Å². The second kappa shape index (κ2) is 9.26. The Morgan fingerprint density at radius 1 is 0.968 bits per heavy atom. The predicted octanol–water partition coefficient (Wildman–Crippen LogP) is 4.52. The Labute approximate surface area is 180 Å². The van der Waals surface area contributed by atoms with Crippen LogP contribution in [0.3, 0.4) is 0 Å². The predicted molar refractivity (Wildman–Crippen MR) is 116 cm³/mol. The molecule has 2 aromatic carbocycles. The summed E-state index contributed by atoms with van der Waals surface area (Å²) in [4.78, 5) is 31.8. The average molecular weight is 414 g/mol. The maximum absolute atomic E-state index is 12.9. The molecular formula is C25H22N2O4. The van der Waals surface area contributed by atoms with Gasteiger partial charge < -0.3 is 14.1 Å². The van der Waals surface area contributed by atoms with Gasteiger partial charge in [-0.2, -0.15) is 0 Å². The third kappa shape index (κ3) is 4.98. The number of ether oxygens (including phenoxy) is 1. The van der Waals surface area contributed by atoms with E-state index in [1.165, 1.54) is 0 Å². The van der Waals surface area contributed by atoms with Gasteiger partial charge in [-0.05, 0) is 36.8 Å². The molecule has 2 aromatic heterocycles. The highest BCUT2D eigenvalue weighted by Crippen LogP contribution is 2.19. The Balaban J connectivity index is 1.49. The Bertz CT molecular complexity index is 1190. The summed E-state index contributed by atoms with van der Waals surface area (Å²) in [6.45, 7) is 2.13. The lowest BCUT2D eigenvalue weighted by Gasteiger charge is -2.22. The molecule has 0 unspecified atom stereocenters. The Morgan fingerprint density at radius 3 is 2.52 bits per heavy atom. The number of pyridine rings is 1. The third-order valence-corrected chi connectivity index (χ3v) is 4.89. The van der Waals surface area contributed by atoms with Gasteiger partial charge in [-0.1, -0.05) is 48.5 Å². The van der Waals surface area contributed by atoms with Gasteiger partial charge in [0, 0.05) is 17.6 Å². The molecular weight excluding hydrogens is 392 g/mol. The molecule has 0 bridgehead atoms. The van der Waals surface area contributed by atoms with E-state index in [4.69, 9.17) is 9.15 Å². The van der Waals surface area contributed by atoms with Gasteiger partial charge in [0.05, 0.1) is 23.9 Å². The first-order chi connectivity index (χ1) is 15.1. The number of esters is 1. The quantitative estimate of drug-likeness (QED) is 0.416. The zero-order chi connectivity index (χ0) is 21.6. The maximum atomic E-state index is 12.9. The second-order valence-electron chi connectivity index (χ2n) is 7.22. The molecule has 0 atom stereocenters. The molecule has 1 amide bonds. The highest BCUT2D eigenvalue weighted by molar-refractivity contribution is 6.04. The van der Waals surface area contributed by atoms with Crippen LogP contribution in [0.1, 0.15) is 27.4 Å². The molecule has 31 heavy (non-hydrogen) atoms. The van der Waals surface area contributed by atoms with E-state index in [1.54, 1.807) is 23.3 Å². The molecule has 0 fully saturated rings. The largest absolute Gasteiger partial charge is 0.467 e. The van der Waals surface area contributed by atoms with Crippen molar-refractivity contribution >= 4 is 22.8 Å². The molecule has 0 spiro atoms. The van der Waals surface area contributed by atoms with Gasteiger partial charge in [-0.25, -0.2) is 4.79 Å². The van der Waals surface area contributed by atoms with Gasteiger partial charge in [0.2, 0.25) is 0 Å². The lowest BCUT2D eigenvalue weighted by molar-refractivity contribution is -0.136. The Kier molecular flexibility index (Phi) is 6.08. The van der Waals surface area contributed by atoms with Gasteiger partial charge in [-0.15, -0.1) is 0 Å². The van der Waals surface area contributed by atoms with Crippen LogP contribution in [0.4, 0.5) is 0 Å². The van der Waals surface area contributed by atoms with Crippen molar-refractivity contribution in [3.8, 4) is 0 Å². The molecule has 156 valence electrons. The van der Waals surface area contributed by atoms with Crippen molar-refractivity contribution in [2.45, 2.75) is 20.0 Å². The van der Waals surface area contributed by atoms with E-state index in [0.29, 0.717) is 34.5 Å². The molecule has 0 saturated heterocycles. The number of nitrogens with zero attached hydrogens (tertiary/aromatic N) is 2. The van der Waals surface area contributed by atoms with Crippen LogP contribution in [0.2, 0.25) is 0 Å². The third-order valence-electron chi connectivity index (χ3n) is 4.89. The van der Waals surface area contributed by atoms with Crippen LogP contribution < -0.4 is 0 Å². The number of carbonyl (C=O) groups is 2. The van der Waals surface area contributed by atoms with E-state index >= 15 is 0 Å². The molecule has 4 rings (SSSR count). The fraction of sp³-hybridized carbons (Fsp3) is 0.160. The minimum Gasteiger partial charge on any atom is -0.467 e. The number of furan rings is 1. The molecule has 4 aromatic rings. The monoisotopic (exact) mass is 414 g/mol. The van der Waals surface area contributed by atoms with Gasteiger partial charge >= 0.3 is 5.97 Å².